The van der Waals surface area contributed by atoms with Crippen LogP contribution in [0.2, 0.25) is 0 Å². The highest BCUT2D eigenvalue weighted by atomic mass is 16.1. The quantitative estimate of drug-likeness (QED) is 0.0626. The zero-order valence-electron chi connectivity index (χ0n) is 38.9. The molecule has 0 atom stereocenters. The van der Waals surface area contributed by atoms with Gasteiger partial charge in [0.1, 0.15) is 0 Å². The molecule has 60 heavy (non-hydrogen) atoms. The molecule has 4 rings (SSSR count). The van der Waals surface area contributed by atoms with Crippen LogP contribution < -0.4 is 16.3 Å². The van der Waals surface area contributed by atoms with Crippen molar-refractivity contribution in [1.29, 1.82) is 0 Å². The van der Waals surface area contributed by atoms with E-state index in [9.17, 15) is 14.4 Å². The van der Waals surface area contributed by atoms with E-state index >= 15 is 0 Å². The third kappa shape index (κ3) is 23.0. The summed E-state index contributed by atoms with van der Waals surface area (Å²) >= 11 is 0. The Labute approximate surface area is 366 Å². The predicted molar refractivity (Wildman–Crippen MR) is 263 cm³/mol. The third-order valence-corrected chi connectivity index (χ3v) is 11.6. The maximum absolute atomic E-state index is 12.1. The van der Waals surface area contributed by atoms with Gasteiger partial charge in [0.2, 0.25) is 0 Å². The molecule has 0 N–H and O–H groups in total. The Morgan fingerprint density at radius 2 is 0.617 bits per heavy atom. The van der Waals surface area contributed by atoms with Crippen molar-refractivity contribution in [1.82, 2.24) is 0 Å². The Morgan fingerprint density at radius 1 is 0.317 bits per heavy atom. The van der Waals surface area contributed by atoms with Crippen LogP contribution in [0, 0.1) is 27.7 Å². The van der Waals surface area contributed by atoms with Gasteiger partial charge in [0, 0.05) is 5.56 Å². The van der Waals surface area contributed by atoms with E-state index in [1.807, 2.05) is 125 Å². The van der Waals surface area contributed by atoms with Crippen molar-refractivity contribution in [3.63, 3.8) is 0 Å². The summed E-state index contributed by atoms with van der Waals surface area (Å²) in [6, 6.07) is 31.3. The molecule has 0 bridgehead atoms. The Bertz CT molecular complexity index is 1890. The van der Waals surface area contributed by atoms with Gasteiger partial charge in [-0.1, -0.05) is 245 Å². The summed E-state index contributed by atoms with van der Waals surface area (Å²) in [5.74, 6) is 0. The van der Waals surface area contributed by atoms with Crippen molar-refractivity contribution < 1.29 is 0 Å². The molecule has 0 aliphatic carbocycles. The van der Waals surface area contributed by atoms with E-state index in [-0.39, 0.29) is 16.3 Å². The summed E-state index contributed by atoms with van der Waals surface area (Å²) in [6.45, 7) is 12.2. The summed E-state index contributed by atoms with van der Waals surface area (Å²) in [5, 5.41) is 0. The summed E-state index contributed by atoms with van der Waals surface area (Å²) in [7, 11) is 0. The fourth-order valence-electron chi connectivity index (χ4n) is 7.58. The molecule has 0 aliphatic heterocycles. The van der Waals surface area contributed by atoms with Crippen LogP contribution in [0.1, 0.15) is 188 Å². The largest absolute Gasteiger partial charge is 0.289 e. The van der Waals surface area contributed by atoms with Crippen LogP contribution in [0.15, 0.2) is 111 Å². The number of rotatable bonds is 25. The Balaban J connectivity index is 0.000000314. The first-order valence-electron chi connectivity index (χ1n) is 24.0. The smallest absolute Gasteiger partial charge is 0.189 e. The van der Waals surface area contributed by atoms with Crippen LogP contribution in [0.5, 0.6) is 0 Å². The lowest BCUT2D eigenvalue weighted by atomic mass is 10.0. The second-order valence-corrected chi connectivity index (χ2v) is 17.1. The van der Waals surface area contributed by atoms with Crippen molar-refractivity contribution >= 4 is 0 Å². The molecule has 0 fully saturated rings. The fourth-order valence-corrected chi connectivity index (χ4v) is 7.58. The normalized spacial score (nSPS) is 10.6. The molecule has 0 saturated carbocycles. The number of hydrogen-bond acceptors (Lipinski definition) is 3. The second kappa shape index (κ2) is 33.6. The van der Waals surface area contributed by atoms with Gasteiger partial charge < -0.3 is 0 Å². The molecule has 0 aliphatic rings. The molecule has 3 nitrogen and oxygen atoms in total. The summed E-state index contributed by atoms with van der Waals surface area (Å²) in [6.07, 6.45) is 31.6. The maximum Gasteiger partial charge on any atom is 0.189 e. The Kier molecular flexibility index (Phi) is 29.1. The van der Waals surface area contributed by atoms with Gasteiger partial charge in [0.05, 0.1) is 0 Å². The standard InChI is InChI=1S/C22H36O.C20H32O.C15H14O/c1-3-4-5-6-7-8-9-10-11-12-13-14-18-21-19-16-15-17-20(2)22(21)23;1-3-4-5-6-7-8-9-10-11-12-16-19-17-14-13-15-18(2)20(19)21;1-11-7-9-13(10-8-11)14-6-4-3-5-12(2)15(14)16/h15-17,19H,3-14,18H2,1-2H3;13-15,17H,3-12,16H2,1-2H3;3-10H,1-2H3. The molecule has 328 valence electrons. The molecular weight excluding hydrogens is 733 g/mol. The van der Waals surface area contributed by atoms with Crippen LogP contribution in [0.25, 0.3) is 11.1 Å². The van der Waals surface area contributed by atoms with Crippen LogP contribution in [0.3, 0.4) is 0 Å². The molecule has 3 heteroatoms. The average Bonchev–Trinajstić information content (AvgIpc) is 3.60. The highest BCUT2D eigenvalue weighted by Crippen LogP contribution is 2.17. The first-order valence-corrected chi connectivity index (χ1v) is 24.0. The SMILES string of the molecule is CCCCCCCCCCCCCCc1ccccc(C)c1=O.CCCCCCCCCCCCc1ccccc(C)c1=O.Cc1ccc(-c2ccccc(C)c2=O)cc1. The molecule has 0 radical (unpaired) electrons. The molecule has 0 saturated heterocycles. The van der Waals surface area contributed by atoms with Crippen molar-refractivity contribution in [3.8, 4) is 11.1 Å². The lowest BCUT2D eigenvalue weighted by Crippen LogP contribution is -2.08. The van der Waals surface area contributed by atoms with Gasteiger partial charge in [0.25, 0.3) is 0 Å². The summed E-state index contributed by atoms with van der Waals surface area (Å²) < 4.78 is 0. The Hall–Kier alpha value is -4.11. The number of unbranched alkanes of at least 4 members (excludes halogenated alkanes) is 20. The molecule has 4 aromatic rings. The van der Waals surface area contributed by atoms with E-state index in [1.165, 1.54) is 134 Å². The topological polar surface area (TPSA) is 51.2 Å². The Morgan fingerprint density at radius 3 is 0.983 bits per heavy atom. The minimum Gasteiger partial charge on any atom is -0.289 e. The predicted octanol–water partition coefficient (Wildman–Crippen LogP) is 15.7. The van der Waals surface area contributed by atoms with E-state index in [1.54, 1.807) is 0 Å². The lowest BCUT2D eigenvalue weighted by Gasteiger charge is -2.03. The van der Waals surface area contributed by atoms with Gasteiger partial charge in [-0.25, -0.2) is 0 Å². The first kappa shape index (κ1) is 52.0. The van der Waals surface area contributed by atoms with Crippen LogP contribution >= 0.6 is 0 Å². The molecule has 0 spiro atoms. The maximum atomic E-state index is 12.1. The average molecular weight is 815 g/mol. The molecule has 4 aromatic carbocycles. The van der Waals surface area contributed by atoms with Gasteiger partial charge >= 0.3 is 0 Å². The second-order valence-electron chi connectivity index (χ2n) is 17.1. The number of hydrogen-bond donors (Lipinski definition) is 0. The van der Waals surface area contributed by atoms with Crippen LogP contribution in [0.4, 0.5) is 0 Å². The van der Waals surface area contributed by atoms with Crippen molar-refractivity contribution in [2.45, 2.75) is 196 Å². The fraction of sp³-hybridized carbons (Fsp3) is 0.526. The first-order chi connectivity index (χ1) is 29.2. The van der Waals surface area contributed by atoms with E-state index in [4.69, 9.17) is 0 Å². The van der Waals surface area contributed by atoms with Crippen molar-refractivity contribution in [2.75, 3.05) is 0 Å². The number of benzene rings is 1. The minimum absolute atomic E-state index is 0.105. The van der Waals surface area contributed by atoms with E-state index in [0.717, 1.165) is 64.6 Å². The highest BCUT2D eigenvalue weighted by molar-refractivity contribution is 5.63. The summed E-state index contributed by atoms with van der Waals surface area (Å²) in [4.78, 5) is 36.2. The van der Waals surface area contributed by atoms with E-state index in [2.05, 4.69) is 13.8 Å². The van der Waals surface area contributed by atoms with Crippen molar-refractivity contribution in [3.05, 3.63) is 161 Å². The van der Waals surface area contributed by atoms with Gasteiger partial charge in [0.15, 0.2) is 16.3 Å². The monoisotopic (exact) mass is 815 g/mol. The van der Waals surface area contributed by atoms with E-state index in [0.29, 0.717) is 0 Å². The summed E-state index contributed by atoms with van der Waals surface area (Å²) in [5.41, 5.74) is 8.00. The van der Waals surface area contributed by atoms with Gasteiger partial charge in [-0.15, -0.1) is 0 Å². The van der Waals surface area contributed by atoms with Crippen molar-refractivity contribution in [2.24, 2.45) is 0 Å². The minimum atomic E-state index is 0.105. The third-order valence-electron chi connectivity index (χ3n) is 11.6. The molecule has 0 amide bonds. The van der Waals surface area contributed by atoms with Gasteiger partial charge in [-0.3, -0.25) is 14.4 Å². The number of aryl methyl sites for hydroxylation is 6. The van der Waals surface area contributed by atoms with Crippen LogP contribution in [-0.2, 0) is 12.8 Å². The lowest BCUT2D eigenvalue weighted by molar-refractivity contribution is 0.544. The zero-order chi connectivity index (χ0) is 43.6. The van der Waals surface area contributed by atoms with Crippen LogP contribution in [-0.4, -0.2) is 0 Å². The highest BCUT2D eigenvalue weighted by Gasteiger charge is 2.04. The molecule has 0 unspecified atom stereocenters. The molecule has 0 heterocycles. The molecule has 0 aromatic heterocycles. The zero-order valence-corrected chi connectivity index (χ0v) is 38.9. The van der Waals surface area contributed by atoms with E-state index < -0.39 is 0 Å². The van der Waals surface area contributed by atoms with Gasteiger partial charge in [-0.05, 0) is 86.8 Å². The van der Waals surface area contributed by atoms with Gasteiger partial charge in [-0.2, -0.15) is 0 Å². The molecular formula is C57H82O3.